The number of nitrogens with zero attached hydrogens (tertiary/aromatic N) is 7. The Morgan fingerprint density at radius 1 is 0.911 bits per heavy atom. The highest BCUT2D eigenvalue weighted by atomic mass is 35.5. The van der Waals surface area contributed by atoms with Gasteiger partial charge in [0.1, 0.15) is 28.3 Å². The van der Waals surface area contributed by atoms with Crippen molar-refractivity contribution in [1.29, 1.82) is 5.26 Å². The summed E-state index contributed by atoms with van der Waals surface area (Å²) in [5.74, 6) is 0.592. The lowest BCUT2D eigenvalue weighted by Crippen LogP contribution is -2.55. The minimum absolute atomic E-state index is 0.0357. The average Bonchev–Trinajstić information content (AvgIpc) is 3.61. The van der Waals surface area contributed by atoms with E-state index >= 15 is 4.79 Å². The van der Waals surface area contributed by atoms with Crippen molar-refractivity contribution in [2.24, 2.45) is 4.99 Å². The molecule has 3 heterocycles. The number of rotatable bonds is 12. The molecule has 2 saturated heterocycles. The molecule has 3 amide bonds. The largest absolute Gasteiger partial charge is 0.495 e. The molecule has 13 nitrogen and oxygen atoms in total. The number of hydrogen-bond acceptors (Lipinski definition) is 9. The fourth-order valence-electron chi connectivity index (χ4n) is 7.35. The van der Waals surface area contributed by atoms with Crippen molar-refractivity contribution in [3.63, 3.8) is 0 Å². The Bertz CT molecular complexity index is 2060. The number of piperazine rings is 1. The van der Waals surface area contributed by atoms with Gasteiger partial charge < -0.3 is 19.3 Å². The lowest BCUT2D eigenvalue weighted by Gasteiger charge is -2.39. The monoisotopic (exact) mass is 823 g/mol. The molecular formula is C40H47Cl2N7O6S. The standard InChI is InChI=1S/C40H47Cl2N7O6S/c1-4-55-33-26-34(54-3)35(56(52,53)48-19-6-5-7-20-48)25-32(33)39-44-37(28-9-13-30(41)14-10-28)38(29-11-15-31(42)16-12-29)49(39)40(51)47-23-21-46(22-24-47)27-36(50)45(2)18-8-17-43/h9-16,25-26,37-38H,4-8,18-24,27H2,1-3H3/t37-,38+/m0/s1. The number of carbonyl (C=O) groups excluding carboxylic acids is 2. The average molecular weight is 825 g/mol. The molecule has 16 heteroatoms. The van der Waals surface area contributed by atoms with Crippen molar-refractivity contribution < 1.29 is 27.5 Å². The smallest absolute Gasteiger partial charge is 0.326 e. The third-order valence-corrected chi connectivity index (χ3v) is 12.8. The van der Waals surface area contributed by atoms with Gasteiger partial charge in [-0.15, -0.1) is 0 Å². The Labute approximate surface area is 339 Å². The first-order chi connectivity index (χ1) is 27.0. The molecule has 6 rings (SSSR count). The second-order valence-electron chi connectivity index (χ2n) is 14.0. The number of urea groups is 1. The van der Waals surface area contributed by atoms with Crippen LogP contribution in [0, 0.1) is 11.3 Å². The number of nitriles is 1. The first-order valence-electron chi connectivity index (χ1n) is 18.8. The van der Waals surface area contributed by atoms with Crippen molar-refractivity contribution in [1.82, 2.24) is 23.9 Å². The molecule has 56 heavy (non-hydrogen) atoms. The molecule has 3 aromatic rings. The Balaban J connectivity index is 1.45. The number of methoxy groups -OCH3 is 1. The summed E-state index contributed by atoms with van der Waals surface area (Å²) in [5.41, 5.74) is 1.88. The van der Waals surface area contributed by atoms with Gasteiger partial charge in [0.25, 0.3) is 0 Å². The van der Waals surface area contributed by atoms with Gasteiger partial charge in [-0.25, -0.2) is 13.2 Å². The maximum absolute atomic E-state index is 15.2. The lowest BCUT2D eigenvalue weighted by atomic mass is 9.93. The molecule has 3 aliphatic rings. The van der Waals surface area contributed by atoms with Gasteiger partial charge in [0.05, 0.1) is 44.4 Å². The molecule has 3 aromatic carbocycles. The molecule has 0 unspecified atom stereocenters. The number of ether oxygens (including phenoxy) is 2. The molecule has 0 aromatic heterocycles. The van der Waals surface area contributed by atoms with Crippen molar-refractivity contribution >= 4 is 51.0 Å². The quantitative estimate of drug-likeness (QED) is 0.210. The Morgan fingerprint density at radius 2 is 1.54 bits per heavy atom. The highest BCUT2D eigenvalue weighted by molar-refractivity contribution is 7.89. The number of piperidine rings is 1. The van der Waals surface area contributed by atoms with Crippen molar-refractivity contribution in [2.75, 3.05) is 73.1 Å². The number of hydrogen-bond donors (Lipinski definition) is 0. The predicted molar refractivity (Wildman–Crippen MR) is 215 cm³/mol. The van der Waals surface area contributed by atoms with Crippen LogP contribution >= 0.6 is 23.2 Å². The highest BCUT2D eigenvalue weighted by Gasteiger charge is 2.46. The maximum atomic E-state index is 15.2. The van der Waals surface area contributed by atoms with Crippen LogP contribution in [0.2, 0.25) is 10.0 Å². The van der Waals surface area contributed by atoms with E-state index in [1.165, 1.54) is 17.5 Å². The Hall–Kier alpha value is -4.39. The summed E-state index contributed by atoms with van der Waals surface area (Å²) in [7, 11) is -0.908. The highest BCUT2D eigenvalue weighted by Crippen LogP contribution is 2.47. The predicted octanol–water partition coefficient (Wildman–Crippen LogP) is 6.23. The number of amides is 3. The molecule has 0 saturated carbocycles. The fraction of sp³-hybridized carbons (Fsp3) is 0.450. The first kappa shape index (κ1) is 41.2. The zero-order valence-corrected chi connectivity index (χ0v) is 34.2. The minimum atomic E-state index is -4.01. The molecule has 0 bridgehead atoms. The van der Waals surface area contributed by atoms with Crippen LogP contribution in [0.4, 0.5) is 4.79 Å². The van der Waals surface area contributed by atoms with E-state index in [4.69, 9.17) is 42.9 Å². The van der Waals surface area contributed by atoms with E-state index in [-0.39, 0.29) is 48.0 Å². The van der Waals surface area contributed by atoms with Gasteiger partial charge in [-0.3, -0.25) is 19.6 Å². The van der Waals surface area contributed by atoms with E-state index in [0.29, 0.717) is 67.2 Å². The maximum Gasteiger partial charge on any atom is 0.326 e. The number of likely N-dealkylation sites (N-methyl/N-ethyl adjacent to an activating group) is 1. The molecule has 298 valence electrons. The van der Waals surface area contributed by atoms with Crippen molar-refractivity contribution in [3.05, 3.63) is 87.4 Å². The van der Waals surface area contributed by atoms with Crippen LogP contribution in [0.5, 0.6) is 11.5 Å². The number of amidine groups is 1. The van der Waals surface area contributed by atoms with Gasteiger partial charge in [0.2, 0.25) is 15.9 Å². The van der Waals surface area contributed by atoms with Gasteiger partial charge in [-0.05, 0) is 61.2 Å². The SMILES string of the molecule is CCOc1cc(OC)c(S(=O)(=O)N2CCCCC2)cc1C1=N[C@@H](c2ccc(Cl)cc2)[C@@H](c2ccc(Cl)cc2)N1C(=O)N1CCN(CC(=O)N(C)CCC#N)CC1. The molecule has 3 aliphatic heterocycles. The van der Waals surface area contributed by atoms with Gasteiger partial charge in [-0.2, -0.15) is 9.57 Å². The molecular weight excluding hydrogens is 777 g/mol. The third-order valence-electron chi connectivity index (χ3n) is 10.4. The number of benzene rings is 3. The molecule has 0 radical (unpaired) electrons. The third kappa shape index (κ3) is 8.92. The first-order valence-corrected chi connectivity index (χ1v) is 21.0. The van der Waals surface area contributed by atoms with E-state index in [1.807, 2.05) is 36.1 Å². The number of halogens is 2. The second kappa shape index (κ2) is 18.3. The molecule has 0 aliphatic carbocycles. The molecule has 0 N–H and O–H groups in total. The fourth-order valence-corrected chi connectivity index (χ4v) is 9.29. The summed E-state index contributed by atoms with van der Waals surface area (Å²) in [4.78, 5) is 40.2. The molecule has 0 spiro atoms. The summed E-state index contributed by atoms with van der Waals surface area (Å²) < 4.78 is 42.0. The van der Waals surface area contributed by atoms with Crippen LogP contribution in [-0.2, 0) is 14.8 Å². The van der Waals surface area contributed by atoms with E-state index in [2.05, 4.69) is 6.07 Å². The molecule has 2 fully saturated rings. The van der Waals surface area contributed by atoms with Gasteiger partial charge in [0, 0.05) is 69.0 Å². The van der Waals surface area contributed by atoms with Crippen LogP contribution in [0.1, 0.15) is 61.4 Å². The Morgan fingerprint density at radius 3 is 2.12 bits per heavy atom. The van der Waals surface area contributed by atoms with Crippen molar-refractivity contribution in [3.8, 4) is 17.6 Å². The van der Waals surface area contributed by atoms with Crippen LogP contribution in [0.3, 0.4) is 0 Å². The van der Waals surface area contributed by atoms with E-state index in [9.17, 15) is 13.2 Å². The topological polar surface area (TPSA) is 139 Å². The van der Waals surface area contributed by atoms with Crippen molar-refractivity contribution in [2.45, 2.75) is 49.6 Å². The number of aliphatic imine (C=N–C) groups is 1. The number of sulfonamides is 1. The summed E-state index contributed by atoms with van der Waals surface area (Å²) in [6, 6.07) is 18.1. The van der Waals surface area contributed by atoms with Crippen LogP contribution in [0.25, 0.3) is 0 Å². The summed E-state index contributed by atoms with van der Waals surface area (Å²) >= 11 is 12.7. The van der Waals surface area contributed by atoms with Gasteiger partial charge in [0.15, 0.2) is 0 Å². The number of carbonyl (C=O) groups is 2. The lowest BCUT2D eigenvalue weighted by molar-refractivity contribution is -0.131. The summed E-state index contributed by atoms with van der Waals surface area (Å²) in [6.45, 7) is 4.93. The Kier molecular flexibility index (Phi) is 13.4. The normalized spacial score (nSPS) is 19.3. The van der Waals surface area contributed by atoms with Crippen LogP contribution in [0.15, 0.2) is 70.6 Å². The minimum Gasteiger partial charge on any atom is -0.495 e. The van der Waals surface area contributed by atoms with E-state index < -0.39 is 22.1 Å². The van der Waals surface area contributed by atoms with E-state index in [0.717, 1.165) is 30.4 Å². The van der Waals surface area contributed by atoms with Gasteiger partial charge in [-0.1, -0.05) is 53.9 Å². The zero-order valence-electron chi connectivity index (χ0n) is 31.9. The van der Waals surface area contributed by atoms with Gasteiger partial charge >= 0.3 is 6.03 Å². The summed E-state index contributed by atoms with van der Waals surface area (Å²) in [6.07, 6.45) is 2.71. The molecule has 2 atom stereocenters. The van der Waals surface area contributed by atoms with E-state index in [1.54, 1.807) is 52.1 Å². The van der Waals surface area contributed by atoms with Crippen LogP contribution in [-0.4, -0.2) is 123 Å². The van der Waals surface area contributed by atoms with Crippen LogP contribution < -0.4 is 9.47 Å². The second-order valence-corrected chi connectivity index (χ2v) is 16.8. The summed E-state index contributed by atoms with van der Waals surface area (Å²) in [5, 5.41) is 10.0. The zero-order chi connectivity index (χ0) is 40.0.